The van der Waals surface area contributed by atoms with Crippen molar-refractivity contribution in [3.63, 3.8) is 0 Å². The highest BCUT2D eigenvalue weighted by Gasteiger charge is 2.18. The van der Waals surface area contributed by atoms with Gasteiger partial charge in [0.25, 0.3) is 0 Å². The molecule has 0 saturated carbocycles. The molecule has 0 spiro atoms. The van der Waals surface area contributed by atoms with E-state index in [1.165, 1.54) is 48.0 Å². The van der Waals surface area contributed by atoms with Gasteiger partial charge in [0.05, 0.1) is 6.54 Å². The second-order valence-electron chi connectivity index (χ2n) is 5.72. The van der Waals surface area contributed by atoms with Crippen molar-refractivity contribution in [2.75, 3.05) is 6.54 Å². The molecule has 1 heterocycles. The fraction of sp³-hybridized carbons (Fsp3) is 0.176. The van der Waals surface area contributed by atoms with Crippen molar-refractivity contribution in [3.8, 4) is 11.4 Å². The number of benzene rings is 2. The third-order valence-corrected chi connectivity index (χ3v) is 5.38. The fourth-order valence-corrected chi connectivity index (χ4v) is 3.61. The summed E-state index contributed by atoms with van der Waals surface area (Å²) in [4.78, 5) is 11.8. The highest BCUT2D eigenvalue weighted by Crippen LogP contribution is 2.15. The molecular formula is C17H16F2N4O3S. The Hall–Kier alpha value is -2.85. The van der Waals surface area contributed by atoms with Crippen molar-refractivity contribution in [2.24, 2.45) is 7.05 Å². The minimum Gasteiger partial charge on any atom is -0.278 e. The number of hydrogen-bond donors (Lipinski definition) is 1. The standard InChI is InChI=1S/C17H16F2N4O3S/c1-22-16(12-6-8-13(18)9-7-12)21-23(17(22)24)11-10-20-27(25,26)15-5-3-2-4-14(15)19/h2-9,20H,10-11H2,1H3. The van der Waals surface area contributed by atoms with E-state index in [9.17, 15) is 22.0 Å². The molecule has 10 heteroatoms. The molecule has 1 N–H and O–H groups in total. The molecule has 142 valence electrons. The molecule has 0 unspecified atom stereocenters. The second kappa shape index (κ2) is 7.41. The van der Waals surface area contributed by atoms with Crippen LogP contribution in [0.4, 0.5) is 8.78 Å². The van der Waals surface area contributed by atoms with Crippen LogP contribution in [0.25, 0.3) is 11.4 Å². The zero-order valence-electron chi connectivity index (χ0n) is 14.3. The molecule has 2 aromatic carbocycles. The van der Waals surface area contributed by atoms with Crippen LogP contribution in [0, 0.1) is 11.6 Å². The SMILES string of the molecule is Cn1c(-c2ccc(F)cc2)nn(CCNS(=O)(=O)c2ccccc2F)c1=O. The molecule has 3 rings (SSSR count). The Labute approximate surface area is 153 Å². The van der Waals surface area contributed by atoms with E-state index in [2.05, 4.69) is 9.82 Å². The van der Waals surface area contributed by atoms with E-state index in [-0.39, 0.29) is 13.1 Å². The molecule has 0 bridgehead atoms. The number of rotatable bonds is 6. The van der Waals surface area contributed by atoms with Gasteiger partial charge in [-0.2, -0.15) is 0 Å². The summed E-state index contributed by atoms with van der Waals surface area (Å²) in [5.74, 6) is -0.957. The van der Waals surface area contributed by atoms with E-state index in [0.717, 1.165) is 16.8 Å². The summed E-state index contributed by atoms with van der Waals surface area (Å²) in [5, 5.41) is 4.15. The highest BCUT2D eigenvalue weighted by molar-refractivity contribution is 7.89. The summed E-state index contributed by atoms with van der Waals surface area (Å²) in [6, 6.07) is 10.5. The highest BCUT2D eigenvalue weighted by atomic mass is 32.2. The summed E-state index contributed by atoms with van der Waals surface area (Å²) in [6.45, 7) is -0.210. The van der Waals surface area contributed by atoms with Crippen molar-refractivity contribution in [1.29, 1.82) is 0 Å². The van der Waals surface area contributed by atoms with Crippen molar-refractivity contribution < 1.29 is 17.2 Å². The van der Waals surface area contributed by atoms with Crippen LogP contribution in [0.5, 0.6) is 0 Å². The van der Waals surface area contributed by atoms with Gasteiger partial charge in [-0.15, -0.1) is 5.10 Å². The molecule has 0 aliphatic heterocycles. The topological polar surface area (TPSA) is 86.0 Å². The van der Waals surface area contributed by atoms with Crippen molar-refractivity contribution in [3.05, 3.63) is 70.6 Å². The van der Waals surface area contributed by atoms with Crippen LogP contribution in [0.2, 0.25) is 0 Å². The monoisotopic (exact) mass is 394 g/mol. The largest absolute Gasteiger partial charge is 0.345 e. The predicted octanol–water partition coefficient (Wildman–Crippen LogP) is 1.51. The molecule has 0 saturated heterocycles. The van der Waals surface area contributed by atoms with Gasteiger partial charge < -0.3 is 0 Å². The maximum absolute atomic E-state index is 13.7. The second-order valence-corrected chi connectivity index (χ2v) is 7.46. The first-order chi connectivity index (χ1) is 12.8. The number of nitrogens with one attached hydrogen (secondary N) is 1. The molecule has 1 aromatic heterocycles. The zero-order chi connectivity index (χ0) is 19.6. The van der Waals surface area contributed by atoms with E-state index in [1.54, 1.807) is 0 Å². The first-order valence-electron chi connectivity index (χ1n) is 7.93. The van der Waals surface area contributed by atoms with Gasteiger partial charge in [0.1, 0.15) is 16.5 Å². The number of nitrogens with zero attached hydrogens (tertiary/aromatic N) is 3. The van der Waals surface area contributed by atoms with E-state index in [0.29, 0.717) is 11.4 Å². The fourth-order valence-electron chi connectivity index (χ4n) is 2.51. The average molecular weight is 394 g/mol. The summed E-state index contributed by atoms with van der Waals surface area (Å²) >= 11 is 0. The van der Waals surface area contributed by atoms with Crippen LogP contribution < -0.4 is 10.4 Å². The molecular weight excluding hydrogens is 378 g/mol. The lowest BCUT2D eigenvalue weighted by molar-refractivity contribution is 0.539. The van der Waals surface area contributed by atoms with Crippen LogP contribution in [0.15, 0.2) is 58.2 Å². The van der Waals surface area contributed by atoms with Gasteiger partial charge >= 0.3 is 5.69 Å². The van der Waals surface area contributed by atoms with E-state index in [4.69, 9.17) is 0 Å². The Morgan fingerprint density at radius 3 is 2.41 bits per heavy atom. The average Bonchev–Trinajstić information content (AvgIpc) is 2.91. The maximum Gasteiger partial charge on any atom is 0.345 e. The molecule has 0 atom stereocenters. The van der Waals surface area contributed by atoms with E-state index < -0.39 is 32.2 Å². The molecule has 0 radical (unpaired) electrons. The Balaban J connectivity index is 1.76. The zero-order valence-corrected chi connectivity index (χ0v) is 15.1. The van der Waals surface area contributed by atoms with Crippen LogP contribution >= 0.6 is 0 Å². The van der Waals surface area contributed by atoms with Crippen LogP contribution in [0.3, 0.4) is 0 Å². The van der Waals surface area contributed by atoms with Crippen molar-refractivity contribution >= 4 is 10.0 Å². The lowest BCUT2D eigenvalue weighted by Gasteiger charge is -2.07. The minimum atomic E-state index is -4.05. The van der Waals surface area contributed by atoms with Crippen molar-refractivity contribution in [2.45, 2.75) is 11.4 Å². The Morgan fingerprint density at radius 2 is 1.74 bits per heavy atom. The minimum absolute atomic E-state index is 0.0540. The van der Waals surface area contributed by atoms with Crippen LogP contribution in [-0.2, 0) is 23.6 Å². The van der Waals surface area contributed by atoms with Gasteiger partial charge in [-0.25, -0.2) is 31.4 Å². The first-order valence-corrected chi connectivity index (χ1v) is 9.42. The lowest BCUT2D eigenvalue weighted by atomic mass is 10.2. The number of halogens is 2. The van der Waals surface area contributed by atoms with Crippen molar-refractivity contribution in [1.82, 2.24) is 19.1 Å². The van der Waals surface area contributed by atoms with Gasteiger partial charge in [-0.05, 0) is 36.4 Å². The Bertz CT molecular complexity index is 1120. The summed E-state index contributed by atoms with van der Waals surface area (Å²) < 4.78 is 55.6. The molecule has 0 fully saturated rings. The molecule has 0 aliphatic carbocycles. The third-order valence-electron chi connectivity index (χ3n) is 3.89. The van der Waals surface area contributed by atoms with Gasteiger partial charge in [-0.3, -0.25) is 4.57 Å². The quantitative estimate of drug-likeness (QED) is 0.687. The van der Waals surface area contributed by atoms with E-state index in [1.807, 2.05) is 0 Å². The number of aromatic nitrogens is 3. The molecule has 27 heavy (non-hydrogen) atoms. The summed E-state index contributed by atoms with van der Waals surface area (Å²) in [7, 11) is -2.54. The maximum atomic E-state index is 13.7. The first kappa shape index (κ1) is 18.9. The van der Waals surface area contributed by atoms with E-state index >= 15 is 0 Å². The van der Waals surface area contributed by atoms with Gasteiger partial charge in [0, 0.05) is 19.2 Å². The third kappa shape index (κ3) is 3.96. The number of hydrogen-bond acceptors (Lipinski definition) is 4. The Kier molecular flexibility index (Phi) is 5.19. The van der Waals surface area contributed by atoms with Gasteiger partial charge in [0.2, 0.25) is 10.0 Å². The molecule has 3 aromatic rings. The molecule has 7 nitrogen and oxygen atoms in total. The van der Waals surface area contributed by atoms with Gasteiger partial charge in [0.15, 0.2) is 5.82 Å². The smallest absolute Gasteiger partial charge is 0.278 e. The lowest BCUT2D eigenvalue weighted by Crippen LogP contribution is -2.32. The summed E-state index contributed by atoms with van der Waals surface area (Å²) in [6.07, 6.45) is 0. The van der Waals surface area contributed by atoms with Crippen LogP contribution in [0.1, 0.15) is 0 Å². The Morgan fingerprint density at radius 1 is 1.07 bits per heavy atom. The normalized spacial score (nSPS) is 11.7. The predicted molar refractivity (Wildman–Crippen MR) is 94.5 cm³/mol. The number of sulfonamides is 1. The van der Waals surface area contributed by atoms with Gasteiger partial charge in [-0.1, -0.05) is 12.1 Å². The summed E-state index contributed by atoms with van der Waals surface area (Å²) in [5.41, 5.74) is 0.0844. The molecule has 0 amide bonds. The molecule has 0 aliphatic rings. The van der Waals surface area contributed by atoms with Crippen LogP contribution in [-0.4, -0.2) is 29.3 Å².